The van der Waals surface area contributed by atoms with Crippen LogP contribution >= 0.6 is 11.6 Å². The maximum Gasteiger partial charge on any atom is 0.119 e. The Balaban J connectivity index is 2.20. The lowest BCUT2D eigenvalue weighted by molar-refractivity contribution is 0.414. The summed E-state index contributed by atoms with van der Waals surface area (Å²) in [5.41, 5.74) is 7.12. The number of nitrogen functional groups attached to an aromatic ring is 1. The maximum atomic E-state index is 12.3. The third-order valence-corrected chi connectivity index (χ3v) is 4.50. The maximum absolute atomic E-state index is 12.3. The highest BCUT2D eigenvalue weighted by Gasteiger charge is 2.10. The summed E-state index contributed by atoms with van der Waals surface area (Å²) in [5, 5.41) is 0.432. The molecule has 5 heteroatoms. The van der Waals surface area contributed by atoms with Crippen molar-refractivity contribution < 1.29 is 8.95 Å². The molecule has 0 bridgehead atoms. The molecule has 3 nitrogen and oxygen atoms in total. The number of nitrogens with two attached hydrogens (primary N) is 1. The summed E-state index contributed by atoms with van der Waals surface area (Å²) in [7, 11) is 0.397. The topological polar surface area (TPSA) is 52.3 Å². The fourth-order valence-electron chi connectivity index (χ4n) is 1.69. The second-order valence-corrected chi connectivity index (χ2v) is 5.86. The number of hydrogen-bond acceptors (Lipinski definition) is 3. The van der Waals surface area contributed by atoms with Gasteiger partial charge in [-0.1, -0.05) is 23.7 Å². The van der Waals surface area contributed by atoms with Gasteiger partial charge in [0.05, 0.1) is 33.6 Å². The Morgan fingerprint density at radius 3 is 2.74 bits per heavy atom. The van der Waals surface area contributed by atoms with Gasteiger partial charge in [-0.15, -0.1) is 0 Å². The van der Waals surface area contributed by atoms with E-state index in [1.54, 1.807) is 25.3 Å². The van der Waals surface area contributed by atoms with Gasteiger partial charge in [0.15, 0.2) is 0 Å². The van der Waals surface area contributed by atoms with Gasteiger partial charge in [-0.25, -0.2) is 0 Å². The molecule has 0 aliphatic heterocycles. The van der Waals surface area contributed by atoms with Crippen LogP contribution in [0.2, 0.25) is 5.02 Å². The van der Waals surface area contributed by atoms with E-state index in [1.807, 2.05) is 24.3 Å². The molecule has 2 aromatic carbocycles. The molecule has 1 unspecified atom stereocenters. The van der Waals surface area contributed by atoms with Crippen molar-refractivity contribution in [1.82, 2.24) is 0 Å². The molecule has 2 N–H and O–H groups in total. The summed E-state index contributed by atoms with van der Waals surface area (Å²) in [6.07, 6.45) is 0. The number of halogens is 1. The number of rotatable bonds is 4. The first kappa shape index (κ1) is 13.9. The lowest BCUT2D eigenvalue weighted by Gasteiger charge is -2.07. The van der Waals surface area contributed by atoms with E-state index in [4.69, 9.17) is 22.1 Å². The summed E-state index contributed by atoms with van der Waals surface area (Å²) >= 11 is 6.05. The molecule has 1 atom stereocenters. The first-order chi connectivity index (χ1) is 9.10. The van der Waals surface area contributed by atoms with E-state index in [1.165, 1.54) is 0 Å². The standard InChI is InChI=1S/C14H14ClNO2S/c1-18-12-4-2-3-10(7-12)9-19(17)14-6-5-11(16)8-13(14)15/h2-8H,9,16H2,1H3. The van der Waals surface area contributed by atoms with Gasteiger partial charge in [-0.2, -0.15) is 0 Å². The Kier molecular flexibility index (Phi) is 4.45. The summed E-state index contributed by atoms with van der Waals surface area (Å²) in [6.45, 7) is 0. The summed E-state index contributed by atoms with van der Waals surface area (Å²) in [6, 6.07) is 12.5. The van der Waals surface area contributed by atoms with Crippen molar-refractivity contribution in [1.29, 1.82) is 0 Å². The van der Waals surface area contributed by atoms with Crippen molar-refractivity contribution in [3.05, 3.63) is 53.1 Å². The normalized spacial score (nSPS) is 12.1. The predicted molar refractivity (Wildman–Crippen MR) is 79.0 cm³/mol. The van der Waals surface area contributed by atoms with Crippen LogP contribution in [-0.4, -0.2) is 11.3 Å². The average Bonchev–Trinajstić information content (AvgIpc) is 2.38. The molecule has 0 amide bonds. The summed E-state index contributed by atoms with van der Waals surface area (Å²) < 4.78 is 17.4. The molecule has 0 aliphatic carbocycles. The summed E-state index contributed by atoms with van der Waals surface area (Å²) in [4.78, 5) is 0.596. The Bertz CT molecular complexity index is 616. The van der Waals surface area contributed by atoms with Gasteiger partial charge in [0.2, 0.25) is 0 Å². The Labute approximate surface area is 119 Å². The van der Waals surface area contributed by atoms with E-state index >= 15 is 0 Å². The Hall–Kier alpha value is -1.52. The zero-order valence-electron chi connectivity index (χ0n) is 10.4. The Morgan fingerprint density at radius 1 is 1.26 bits per heavy atom. The van der Waals surface area contributed by atoms with Crippen LogP contribution < -0.4 is 10.5 Å². The van der Waals surface area contributed by atoms with Crippen LogP contribution in [0, 0.1) is 0 Å². The van der Waals surface area contributed by atoms with Crippen molar-refractivity contribution in [3.63, 3.8) is 0 Å². The van der Waals surface area contributed by atoms with Gasteiger partial charge in [-0.3, -0.25) is 4.21 Å². The highest BCUT2D eigenvalue weighted by Crippen LogP contribution is 2.25. The third kappa shape index (κ3) is 3.49. The SMILES string of the molecule is COc1cccc(CS(=O)c2ccc(N)cc2Cl)c1. The van der Waals surface area contributed by atoms with Gasteiger partial charge >= 0.3 is 0 Å². The van der Waals surface area contributed by atoms with Gasteiger partial charge < -0.3 is 10.5 Å². The molecule has 0 radical (unpaired) electrons. The molecular formula is C14H14ClNO2S. The van der Waals surface area contributed by atoms with Crippen LogP contribution in [0.15, 0.2) is 47.4 Å². The molecule has 0 fully saturated rings. The van der Waals surface area contributed by atoms with Crippen LogP contribution in [-0.2, 0) is 16.6 Å². The van der Waals surface area contributed by atoms with Crippen molar-refractivity contribution in [2.24, 2.45) is 0 Å². The van der Waals surface area contributed by atoms with E-state index in [0.29, 0.717) is 21.4 Å². The number of anilines is 1. The number of ether oxygens (including phenoxy) is 1. The number of methoxy groups -OCH3 is 1. The molecule has 0 aliphatic rings. The number of benzene rings is 2. The lowest BCUT2D eigenvalue weighted by Crippen LogP contribution is -1.98. The van der Waals surface area contributed by atoms with E-state index in [0.717, 1.165) is 11.3 Å². The first-order valence-electron chi connectivity index (χ1n) is 5.66. The van der Waals surface area contributed by atoms with Gasteiger partial charge in [0.25, 0.3) is 0 Å². The second-order valence-electron chi connectivity index (χ2n) is 4.03. The minimum atomic E-state index is -1.21. The van der Waals surface area contributed by atoms with Crippen LogP contribution in [0.5, 0.6) is 5.75 Å². The van der Waals surface area contributed by atoms with Gasteiger partial charge in [0.1, 0.15) is 5.75 Å². The average molecular weight is 296 g/mol. The van der Waals surface area contributed by atoms with Crippen molar-refractivity contribution in [2.75, 3.05) is 12.8 Å². The molecule has 0 aromatic heterocycles. The molecular weight excluding hydrogens is 282 g/mol. The van der Waals surface area contributed by atoms with Crippen molar-refractivity contribution in [2.45, 2.75) is 10.6 Å². The van der Waals surface area contributed by atoms with E-state index in [2.05, 4.69) is 0 Å². The molecule has 0 saturated heterocycles. The van der Waals surface area contributed by atoms with Crippen LogP contribution in [0.4, 0.5) is 5.69 Å². The molecule has 2 rings (SSSR count). The van der Waals surface area contributed by atoms with Crippen LogP contribution in [0.25, 0.3) is 0 Å². The third-order valence-electron chi connectivity index (χ3n) is 2.63. The van der Waals surface area contributed by atoms with Gasteiger partial charge in [0, 0.05) is 5.69 Å². The van der Waals surface area contributed by atoms with Gasteiger partial charge in [-0.05, 0) is 35.9 Å². The number of hydrogen-bond donors (Lipinski definition) is 1. The van der Waals surface area contributed by atoms with E-state index < -0.39 is 10.8 Å². The fraction of sp³-hybridized carbons (Fsp3) is 0.143. The van der Waals surface area contributed by atoms with Crippen molar-refractivity contribution in [3.8, 4) is 5.75 Å². The minimum Gasteiger partial charge on any atom is -0.497 e. The van der Waals surface area contributed by atoms with Crippen LogP contribution in [0.1, 0.15) is 5.56 Å². The zero-order valence-corrected chi connectivity index (χ0v) is 12.0. The molecule has 100 valence electrons. The smallest absolute Gasteiger partial charge is 0.119 e. The minimum absolute atomic E-state index is 0.390. The van der Waals surface area contributed by atoms with Crippen LogP contribution in [0.3, 0.4) is 0 Å². The largest absolute Gasteiger partial charge is 0.497 e. The Morgan fingerprint density at radius 2 is 2.05 bits per heavy atom. The molecule has 19 heavy (non-hydrogen) atoms. The van der Waals surface area contributed by atoms with E-state index in [-0.39, 0.29) is 0 Å². The molecule has 0 saturated carbocycles. The summed E-state index contributed by atoms with van der Waals surface area (Å²) in [5.74, 6) is 1.14. The molecule has 0 heterocycles. The second kappa shape index (κ2) is 6.08. The fourth-order valence-corrected chi connectivity index (χ4v) is 3.27. The zero-order chi connectivity index (χ0) is 13.8. The lowest BCUT2D eigenvalue weighted by atomic mass is 10.2. The molecule has 2 aromatic rings. The van der Waals surface area contributed by atoms with Crippen molar-refractivity contribution >= 4 is 28.1 Å². The van der Waals surface area contributed by atoms with E-state index in [9.17, 15) is 4.21 Å². The highest BCUT2D eigenvalue weighted by atomic mass is 35.5. The first-order valence-corrected chi connectivity index (χ1v) is 7.36. The molecule has 0 spiro atoms. The highest BCUT2D eigenvalue weighted by molar-refractivity contribution is 7.84. The monoisotopic (exact) mass is 295 g/mol. The quantitative estimate of drug-likeness (QED) is 0.881. The predicted octanol–water partition coefficient (Wildman–Crippen LogP) is 3.24.